The summed E-state index contributed by atoms with van der Waals surface area (Å²) in [5.41, 5.74) is 2.79. The van der Waals surface area contributed by atoms with Crippen molar-refractivity contribution in [1.82, 2.24) is 15.0 Å². The van der Waals surface area contributed by atoms with Crippen LogP contribution in [0.1, 0.15) is 5.69 Å². The first-order valence-corrected chi connectivity index (χ1v) is 5.19. The summed E-state index contributed by atoms with van der Waals surface area (Å²) in [5, 5.41) is 8.77. The minimum absolute atomic E-state index is 0.378. The Hall–Kier alpha value is -2.67. The van der Waals surface area contributed by atoms with Crippen molar-refractivity contribution in [3.8, 4) is 17.5 Å². The largest absolute Gasteiger partial charge is 0.337 e. The Labute approximate surface area is 97.6 Å². The number of fused-ring (bicyclic) bond motifs is 1. The van der Waals surface area contributed by atoms with Gasteiger partial charge in [0.05, 0.1) is 5.52 Å². The first-order chi connectivity index (χ1) is 8.36. The maximum Gasteiger partial charge on any atom is 0.179 e. The third kappa shape index (κ3) is 1.64. The zero-order valence-electron chi connectivity index (χ0n) is 8.88. The Morgan fingerprint density at radius 2 is 1.82 bits per heavy atom. The third-order valence-electron chi connectivity index (χ3n) is 2.51. The summed E-state index contributed by atoms with van der Waals surface area (Å²) in [4.78, 5) is 11.7. The van der Waals surface area contributed by atoms with E-state index in [2.05, 4.69) is 15.0 Å². The van der Waals surface area contributed by atoms with Crippen molar-refractivity contribution in [3.63, 3.8) is 0 Å². The zero-order chi connectivity index (χ0) is 11.7. The van der Waals surface area contributed by atoms with Crippen LogP contribution in [-0.2, 0) is 0 Å². The van der Waals surface area contributed by atoms with Crippen LogP contribution in [0, 0.1) is 11.3 Å². The molecule has 0 fully saturated rings. The maximum atomic E-state index is 8.77. The first-order valence-electron chi connectivity index (χ1n) is 5.19. The Bertz CT molecular complexity index is 707. The molecule has 80 valence electrons. The van der Waals surface area contributed by atoms with E-state index in [-0.39, 0.29) is 0 Å². The summed E-state index contributed by atoms with van der Waals surface area (Å²) in [6.45, 7) is 0. The molecular formula is C13H8N4. The smallest absolute Gasteiger partial charge is 0.179 e. The highest BCUT2D eigenvalue weighted by Crippen LogP contribution is 2.18. The molecular weight excluding hydrogens is 212 g/mol. The predicted molar refractivity (Wildman–Crippen MR) is 64.0 cm³/mol. The summed E-state index contributed by atoms with van der Waals surface area (Å²) < 4.78 is 0. The average Bonchev–Trinajstić information content (AvgIpc) is 2.82. The highest BCUT2D eigenvalue weighted by atomic mass is 15.0. The van der Waals surface area contributed by atoms with Crippen LogP contribution in [0.3, 0.4) is 0 Å². The number of rotatable bonds is 1. The molecule has 0 bridgehead atoms. The lowest BCUT2D eigenvalue weighted by atomic mass is 10.2. The summed E-state index contributed by atoms with van der Waals surface area (Å²) in [6.07, 6.45) is 0. The van der Waals surface area contributed by atoms with Gasteiger partial charge in [-0.3, -0.25) is 0 Å². The molecule has 17 heavy (non-hydrogen) atoms. The summed E-state index contributed by atoms with van der Waals surface area (Å²) in [6, 6.07) is 15.3. The lowest BCUT2D eigenvalue weighted by molar-refractivity contribution is 1.27. The standard InChI is InChI=1S/C13H8N4/c14-8-10-6-7-11-13(15-10)17-12(16-11)9-4-2-1-3-5-9/h1-7H,(H,15,16,17). The second-order valence-corrected chi connectivity index (χ2v) is 3.63. The third-order valence-corrected chi connectivity index (χ3v) is 2.51. The molecule has 0 saturated carbocycles. The van der Waals surface area contributed by atoms with Gasteiger partial charge in [-0.25, -0.2) is 9.97 Å². The second kappa shape index (κ2) is 3.72. The number of aromatic amines is 1. The van der Waals surface area contributed by atoms with Gasteiger partial charge >= 0.3 is 0 Å². The van der Waals surface area contributed by atoms with Crippen LogP contribution < -0.4 is 0 Å². The van der Waals surface area contributed by atoms with Gasteiger partial charge < -0.3 is 4.98 Å². The van der Waals surface area contributed by atoms with Gasteiger partial charge in [0.2, 0.25) is 0 Å². The van der Waals surface area contributed by atoms with Gasteiger partial charge in [-0.2, -0.15) is 5.26 Å². The molecule has 0 radical (unpaired) electrons. The normalized spacial score (nSPS) is 10.3. The van der Waals surface area contributed by atoms with Crippen LogP contribution in [0.15, 0.2) is 42.5 Å². The summed E-state index contributed by atoms with van der Waals surface area (Å²) in [5.74, 6) is 0.767. The molecule has 0 unspecified atom stereocenters. The SMILES string of the molecule is N#Cc1ccc2[nH]c(-c3ccccc3)nc2n1. The van der Waals surface area contributed by atoms with Gasteiger partial charge in [-0.05, 0) is 12.1 Å². The first kappa shape index (κ1) is 9.55. The second-order valence-electron chi connectivity index (χ2n) is 3.63. The Morgan fingerprint density at radius 3 is 2.59 bits per heavy atom. The van der Waals surface area contributed by atoms with Gasteiger partial charge in [0, 0.05) is 5.56 Å². The van der Waals surface area contributed by atoms with Crippen molar-refractivity contribution in [1.29, 1.82) is 5.26 Å². The van der Waals surface area contributed by atoms with Crippen LogP contribution in [-0.4, -0.2) is 15.0 Å². The van der Waals surface area contributed by atoms with E-state index in [4.69, 9.17) is 5.26 Å². The van der Waals surface area contributed by atoms with E-state index >= 15 is 0 Å². The number of aromatic nitrogens is 3. The number of nitriles is 1. The fourth-order valence-corrected chi connectivity index (χ4v) is 1.69. The fraction of sp³-hybridized carbons (Fsp3) is 0. The Balaban J connectivity index is 2.18. The molecule has 4 nitrogen and oxygen atoms in total. The number of nitrogens with zero attached hydrogens (tertiary/aromatic N) is 3. The van der Waals surface area contributed by atoms with Crippen LogP contribution in [0.25, 0.3) is 22.6 Å². The number of benzene rings is 1. The number of imidazole rings is 1. The summed E-state index contributed by atoms with van der Waals surface area (Å²) >= 11 is 0. The monoisotopic (exact) mass is 220 g/mol. The van der Waals surface area contributed by atoms with Gasteiger partial charge in [0.25, 0.3) is 0 Å². The molecule has 2 aromatic heterocycles. The van der Waals surface area contributed by atoms with Crippen molar-refractivity contribution in [2.24, 2.45) is 0 Å². The number of pyridine rings is 1. The molecule has 3 rings (SSSR count). The van der Waals surface area contributed by atoms with E-state index < -0.39 is 0 Å². The maximum absolute atomic E-state index is 8.77. The number of nitrogens with one attached hydrogen (secondary N) is 1. The van der Waals surface area contributed by atoms with E-state index in [1.807, 2.05) is 42.5 Å². The number of hydrogen-bond acceptors (Lipinski definition) is 3. The average molecular weight is 220 g/mol. The Kier molecular flexibility index (Phi) is 2.09. The van der Waals surface area contributed by atoms with E-state index in [9.17, 15) is 0 Å². The van der Waals surface area contributed by atoms with Crippen molar-refractivity contribution in [2.45, 2.75) is 0 Å². The minimum atomic E-state index is 0.378. The van der Waals surface area contributed by atoms with Gasteiger partial charge in [-0.1, -0.05) is 30.3 Å². The molecule has 0 aliphatic heterocycles. The molecule has 1 aromatic carbocycles. The van der Waals surface area contributed by atoms with E-state index in [1.54, 1.807) is 6.07 Å². The van der Waals surface area contributed by atoms with Gasteiger partial charge in [0.1, 0.15) is 17.6 Å². The quantitative estimate of drug-likeness (QED) is 0.685. The molecule has 0 atom stereocenters. The van der Waals surface area contributed by atoms with Crippen LogP contribution in [0.2, 0.25) is 0 Å². The van der Waals surface area contributed by atoms with E-state index in [0.717, 1.165) is 16.9 Å². The van der Waals surface area contributed by atoms with Crippen molar-refractivity contribution < 1.29 is 0 Å². The Morgan fingerprint density at radius 1 is 1.00 bits per heavy atom. The van der Waals surface area contributed by atoms with Crippen molar-refractivity contribution in [2.75, 3.05) is 0 Å². The zero-order valence-corrected chi connectivity index (χ0v) is 8.88. The fourth-order valence-electron chi connectivity index (χ4n) is 1.69. The predicted octanol–water partition coefficient (Wildman–Crippen LogP) is 2.50. The van der Waals surface area contributed by atoms with Gasteiger partial charge in [-0.15, -0.1) is 0 Å². The van der Waals surface area contributed by atoms with Crippen LogP contribution >= 0.6 is 0 Å². The molecule has 0 aliphatic carbocycles. The molecule has 1 N–H and O–H groups in total. The van der Waals surface area contributed by atoms with Gasteiger partial charge in [0.15, 0.2) is 5.65 Å². The molecule has 0 saturated heterocycles. The minimum Gasteiger partial charge on any atom is -0.337 e. The molecule has 0 aliphatic rings. The highest BCUT2D eigenvalue weighted by molar-refractivity contribution is 5.76. The number of H-pyrrole nitrogens is 1. The topological polar surface area (TPSA) is 65.4 Å². The van der Waals surface area contributed by atoms with E-state index in [0.29, 0.717) is 11.3 Å². The van der Waals surface area contributed by atoms with Crippen molar-refractivity contribution >= 4 is 11.2 Å². The lowest BCUT2D eigenvalue weighted by Crippen LogP contribution is -1.82. The van der Waals surface area contributed by atoms with Crippen LogP contribution in [0.4, 0.5) is 0 Å². The van der Waals surface area contributed by atoms with Crippen LogP contribution in [0.5, 0.6) is 0 Å². The summed E-state index contributed by atoms with van der Waals surface area (Å²) in [7, 11) is 0. The molecule has 2 heterocycles. The van der Waals surface area contributed by atoms with E-state index in [1.165, 1.54) is 0 Å². The van der Waals surface area contributed by atoms with Crippen molar-refractivity contribution in [3.05, 3.63) is 48.2 Å². The molecule has 0 amide bonds. The lowest BCUT2D eigenvalue weighted by Gasteiger charge is -1.92. The number of hydrogen-bond donors (Lipinski definition) is 1. The molecule has 3 aromatic rings. The molecule has 0 spiro atoms. The molecule has 4 heteroatoms. The highest BCUT2D eigenvalue weighted by Gasteiger charge is 2.06.